The highest BCUT2D eigenvalue weighted by Gasteiger charge is 2.31. The maximum Gasteiger partial charge on any atom is 0.573 e. The quantitative estimate of drug-likeness (QED) is 0.137. The molecule has 1 aromatic heterocycles. The van der Waals surface area contributed by atoms with Gasteiger partial charge in [0.15, 0.2) is 10.9 Å². The van der Waals surface area contributed by atoms with E-state index in [-0.39, 0.29) is 17.6 Å². The molecular formula is C28H26F3N7O2S. The van der Waals surface area contributed by atoms with Crippen LogP contribution in [-0.4, -0.2) is 37.9 Å². The van der Waals surface area contributed by atoms with Crippen molar-refractivity contribution in [3.63, 3.8) is 0 Å². The van der Waals surface area contributed by atoms with E-state index in [0.717, 1.165) is 34.5 Å². The summed E-state index contributed by atoms with van der Waals surface area (Å²) in [5.41, 5.74) is 8.44. The van der Waals surface area contributed by atoms with E-state index in [9.17, 15) is 18.0 Å². The second-order valence-corrected chi connectivity index (χ2v) is 9.41. The molecule has 0 aliphatic carbocycles. The third kappa shape index (κ3) is 7.66. The lowest BCUT2D eigenvalue weighted by atomic mass is 10.1. The number of amides is 1. The average molecular weight is 582 g/mol. The normalized spacial score (nSPS) is 11.6. The van der Waals surface area contributed by atoms with Crippen molar-refractivity contribution in [2.75, 3.05) is 10.6 Å². The second kappa shape index (κ2) is 12.2. The molecule has 0 bridgehead atoms. The number of nitrogens with zero attached hydrogens (tertiary/aromatic N) is 4. The second-order valence-electron chi connectivity index (χ2n) is 9.00. The minimum atomic E-state index is -4.81. The zero-order valence-corrected chi connectivity index (χ0v) is 23.3. The number of hydrazone groups is 1. The maximum atomic E-state index is 12.5. The number of ether oxygens (including phenoxy) is 1. The van der Waals surface area contributed by atoms with Crippen molar-refractivity contribution in [3.05, 3.63) is 83.4 Å². The summed E-state index contributed by atoms with van der Waals surface area (Å²) in [6.45, 7) is 7.13. The van der Waals surface area contributed by atoms with E-state index in [4.69, 9.17) is 12.2 Å². The van der Waals surface area contributed by atoms with Crippen molar-refractivity contribution < 1.29 is 22.7 Å². The summed E-state index contributed by atoms with van der Waals surface area (Å²) in [5.74, 6) is -0.371. The van der Waals surface area contributed by atoms with Gasteiger partial charge < -0.3 is 10.1 Å². The topological polar surface area (TPSA) is 105 Å². The molecule has 0 aliphatic heterocycles. The lowest BCUT2D eigenvalue weighted by molar-refractivity contribution is -0.274. The van der Waals surface area contributed by atoms with Crippen LogP contribution >= 0.6 is 12.2 Å². The predicted octanol–water partition coefficient (Wildman–Crippen LogP) is 6.12. The van der Waals surface area contributed by atoms with Crippen LogP contribution in [0.3, 0.4) is 0 Å². The van der Waals surface area contributed by atoms with Crippen molar-refractivity contribution in [2.24, 2.45) is 5.10 Å². The molecule has 0 saturated carbocycles. The molecule has 4 aromatic rings. The van der Waals surface area contributed by atoms with E-state index in [0.29, 0.717) is 27.9 Å². The van der Waals surface area contributed by atoms with Crippen LogP contribution in [0.15, 0.2) is 71.8 Å². The number of hydrogen-bond acceptors (Lipinski definition) is 6. The Kier molecular flexibility index (Phi) is 8.67. The van der Waals surface area contributed by atoms with Gasteiger partial charge in [0.25, 0.3) is 0 Å². The largest absolute Gasteiger partial charge is 0.573 e. The summed E-state index contributed by atoms with van der Waals surface area (Å²) in [4.78, 5) is 16.2. The highest BCUT2D eigenvalue weighted by Crippen LogP contribution is 2.26. The Hall–Kier alpha value is -4.78. The molecule has 1 amide bonds. The number of benzene rings is 3. The Morgan fingerprint density at radius 3 is 2.17 bits per heavy atom. The summed E-state index contributed by atoms with van der Waals surface area (Å²) in [6.07, 6.45) is -4.81. The number of rotatable bonds is 7. The molecule has 41 heavy (non-hydrogen) atoms. The summed E-state index contributed by atoms with van der Waals surface area (Å²) in [7, 11) is 0. The van der Waals surface area contributed by atoms with Crippen LogP contribution < -0.4 is 20.8 Å². The molecule has 13 heteroatoms. The molecule has 9 nitrogen and oxygen atoms in total. The van der Waals surface area contributed by atoms with Crippen LogP contribution in [0.1, 0.15) is 30.5 Å². The van der Waals surface area contributed by atoms with E-state index >= 15 is 0 Å². The Labute approximate surface area is 239 Å². The van der Waals surface area contributed by atoms with Crippen LogP contribution in [0.4, 0.5) is 24.8 Å². The van der Waals surface area contributed by atoms with Gasteiger partial charge in [-0.1, -0.05) is 42.5 Å². The van der Waals surface area contributed by atoms with Crippen LogP contribution in [-0.2, 0) is 4.79 Å². The number of halogens is 3. The molecule has 1 heterocycles. The number of aromatic nitrogens is 3. The minimum absolute atomic E-state index is 0.105. The highest BCUT2D eigenvalue weighted by molar-refractivity contribution is 7.80. The Morgan fingerprint density at radius 1 is 0.951 bits per heavy atom. The van der Waals surface area contributed by atoms with Crippen molar-refractivity contribution in [3.8, 4) is 22.8 Å². The maximum absolute atomic E-state index is 12.5. The smallest absolute Gasteiger partial charge is 0.406 e. The van der Waals surface area contributed by atoms with E-state index in [1.54, 1.807) is 12.1 Å². The SMILES string of the molecule is CC(=O)Nc1nc(-c2ccc(/C(C)=N/NC(=S)Nc3c(C)cccc3C)cc2)nn1-c1ccc(OC(F)(F)F)cc1. The first kappa shape index (κ1) is 29.2. The van der Waals surface area contributed by atoms with Gasteiger partial charge in [0, 0.05) is 18.2 Å². The standard InChI is InChI=1S/C28H26F3N7O2S/c1-16-6-5-7-17(2)24(16)33-27(41)36-35-18(3)20-8-10-21(11-9-20)25-34-26(32-19(4)39)38(37-25)22-12-14-23(15-13-22)40-28(29,30)31/h5-15H,1-4H3,(H2,33,36,41)(H,32,34,37,39)/b35-18+. The van der Waals surface area contributed by atoms with E-state index in [2.05, 4.69) is 36.0 Å². The third-order valence-electron chi connectivity index (χ3n) is 5.82. The zero-order valence-electron chi connectivity index (χ0n) is 22.5. The lowest BCUT2D eigenvalue weighted by Gasteiger charge is -2.13. The number of aryl methyl sites for hydroxylation is 2. The van der Waals surface area contributed by atoms with Gasteiger partial charge in [0.2, 0.25) is 11.9 Å². The van der Waals surface area contributed by atoms with Crippen molar-refractivity contribution in [1.29, 1.82) is 0 Å². The molecule has 0 fully saturated rings. The molecule has 0 atom stereocenters. The highest BCUT2D eigenvalue weighted by atomic mass is 32.1. The van der Waals surface area contributed by atoms with Crippen molar-refractivity contribution >= 4 is 40.6 Å². The van der Waals surface area contributed by atoms with E-state index < -0.39 is 6.36 Å². The van der Waals surface area contributed by atoms with Gasteiger partial charge in [0.1, 0.15) is 5.75 Å². The molecule has 0 saturated heterocycles. The number of carbonyl (C=O) groups excluding carboxylic acids is 1. The Bertz CT molecular complexity index is 1580. The predicted molar refractivity (Wildman–Crippen MR) is 155 cm³/mol. The fraction of sp³-hybridized carbons (Fsp3) is 0.179. The molecule has 3 N–H and O–H groups in total. The molecule has 4 rings (SSSR count). The van der Waals surface area contributed by atoms with E-state index in [1.807, 2.05) is 51.1 Å². The summed E-state index contributed by atoms with van der Waals surface area (Å²) >= 11 is 5.39. The average Bonchev–Trinajstić information content (AvgIpc) is 3.32. The summed E-state index contributed by atoms with van der Waals surface area (Å²) in [6, 6.07) is 18.3. The number of alkyl halides is 3. The fourth-order valence-electron chi connectivity index (χ4n) is 3.85. The van der Waals surface area contributed by atoms with Crippen molar-refractivity contribution in [1.82, 2.24) is 20.2 Å². The van der Waals surface area contributed by atoms with Gasteiger partial charge in [-0.05, 0) is 73.9 Å². The van der Waals surface area contributed by atoms with Gasteiger partial charge in [-0.25, -0.2) is 0 Å². The molecule has 0 spiro atoms. The number of anilines is 2. The summed E-state index contributed by atoms with van der Waals surface area (Å²) < 4.78 is 42.8. The van der Waals surface area contributed by atoms with Gasteiger partial charge in [-0.2, -0.15) is 14.8 Å². The van der Waals surface area contributed by atoms with Gasteiger partial charge >= 0.3 is 6.36 Å². The lowest BCUT2D eigenvalue weighted by Crippen LogP contribution is -2.25. The van der Waals surface area contributed by atoms with Crippen LogP contribution in [0.25, 0.3) is 17.1 Å². The first-order chi connectivity index (χ1) is 19.4. The molecule has 0 aliphatic rings. The molecule has 3 aromatic carbocycles. The number of hydrogen-bond donors (Lipinski definition) is 3. The van der Waals surface area contributed by atoms with E-state index in [1.165, 1.54) is 23.7 Å². The minimum Gasteiger partial charge on any atom is -0.406 e. The monoisotopic (exact) mass is 581 g/mol. The molecule has 0 unspecified atom stereocenters. The fourth-order valence-corrected chi connectivity index (χ4v) is 4.00. The Morgan fingerprint density at radius 2 is 1.59 bits per heavy atom. The Balaban J connectivity index is 1.50. The van der Waals surface area contributed by atoms with Gasteiger partial charge in [-0.3, -0.25) is 15.5 Å². The molecule has 0 radical (unpaired) electrons. The van der Waals surface area contributed by atoms with Crippen LogP contribution in [0, 0.1) is 13.8 Å². The molecular weight excluding hydrogens is 555 g/mol. The number of para-hydroxylation sites is 1. The number of thiocarbonyl (C=S) groups is 1. The number of nitrogens with one attached hydrogen (secondary N) is 3. The number of carbonyl (C=O) groups is 1. The van der Waals surface area contributed by atoms with Gasteiger partial charge in [-0.15, -0.1) is 18.3 Å². The van der Waals surface area contributed by atoms with Crippen molar-refractivity contribution in [2.45, 2.75) is 34.1 Å². The first-order valence-electron chi connectivity index (χ1n) is 12.3. The zero-order chi connectivity index (χ0) is 29.7. The van der Waals surface area contributed by atoms with Gasteiger partial charge in [0.05, 0.1) is 11.4 Å². The van der Waals surface area contributed by atoms with Crippen LogP contribution in [0.5, 0.6) is 5.75 Å². The van der Waals surface area contributed by atoms with Crippen LogP contribution in [0.2, 0.25) is 0 Å². The third-order valence-corrected chi connectivity index (χ3v) is 6.01. The molecule has 212 valence electrons. The first-order valence-corrected chi connectivity index (χ1v) is 12.7. The summed E-state index contributed by atoms with van der Waals surface area (Å²) in [5, 5.41) is 14.9.